The maximum atomic E-state index is 13.4. The topological polar surface area (TPSA) is 123 Å². The highest BCUT2D eigenvalue weighted by atomic mass is 32.2. The molecule has 0 saturated carbocycles. The fraction of sp³-hybridized carbons (Fsp3) is 0.222. The van der Waals surface area contributed by atoms with Crippen molar-refractivity contribution >= 4 is 51.6 Å². The minimum absolute atomic E-state index is 0.0443. The first kappa shape index (κ1) is 25.7. The number of pyridine rings is 1. The monoisotopic (exact) mass is 544 g/mol. The fourth-order valence-electron chi connectivity index (χ4n) is 4.32. The smallest absolute Gasteiger partial charge is 0.270 e. The molecule has 0 saturated heterocycles. The first-order chi connectivity index (χ1) is 18.4. The largest absolute Gasteiger partial charge is 0.320 e. The number of fused-ring (bicyclic) bond motifs is 1. The third-order valence-electron chi connectivity index (χ3n) is 5.99. The van der Waals surface area contributed by atoms with Crippen LogP contribution in [0.25, 0.3) is 0 Å². The Morgan fingerprint density at radius 2 is 1.95 bits per heavy atom. The van der Waals surface area contributed by atoms with E-state index in [-0.39, 0.29) is 11.6 Å². The average Bonchev–Trinajstić information content (AvgIpc) is 3.26. The minimum Gasteiger partial charge on any atom is -0.320 e. The molecule has 3 aromatic heterocycles. The quantitative estimate of drug-likeness (QED) is 0.122. The summed E-state index contributed by atoms with van der Waals surface area (Å²) in [6, 6.07) is 10.1. The van der Waals surface area contributed by atoms with Gasteiger partial charge in [-0.2, -0.15) is 0 Å². The summed E-state index contributed by atoms with van der Waals surface area (Å²) in [4.78, 5) is 44.1. The number of thiophene rings is 1. The standard InChI is InChI=1S/C27H24N6O3S2/c1-16-12-17(2)31-27(30-16)38-22-10-9-20(33(35)36)13-18(22)14-29-26-24(21-7-3-4-8-23(21)37-26)25(34)32-19-6-5-11-28-15-19/h5-6,9-15H,3-4,7-8H2,1-2H3,(H,32,34). The summed E-state index contributed by atoms with van der Waals surface area (Å²) >= 11 is 2.82. The van der Waals surface area contributed by atoms with E-state index in [0.717, 1.165) is 52.4 Å². The van der Waals surface area contributed by atoms with Crippen LogP contribution in [0.2, 0.25) is 0 Å². The highest BCUT2D eigenvalue weighted by Gasteiger charge is 2.25. The SMILES string of the molecule is Cc1cc(C)nc(Sc2ccc([N+](=O)[O-])cc2C=Nc2sc3c(c2C(=O)Nc2cccnc2)CCCC3)n1. The normalized spacial score (nSPS) is 12.9. The lowest BCUT2D eigenvalue weighted by Gasteiger charge is -2.12. The lowest BCUT2D eigenvalue weighted by Crippen LogP contribution is -2.15. The number of nitrogens with zero attached hydrogens (tertiary/aromatic N) is 5. The van der Waals surface area contributed by atoms with Crippen LogP contribution in [0.5, 0.6) is 0 Å². The minimum atomic E-state index is -0.435. The summed E-state index contributed by atoms with van der Waals surface area (Å²) in [5, 5.41) is 15.6. The van der Waals surface area contributed by atoms with E-state index in [1.54, 1.807) is 36.8 Å². The zero-order chi connectivity index (χ0) is 26.6. The van der Waals surface area contributed by atoms with E-state index >= 15 is 0 Å². The predicted molar refractivity (Wildman–Crippen MR) is 149 cm³/mol. The number of non-ortho nitro benzene ring substituents is 1. The molecule has 5 rings (SSSR count). The van der Waals surface area contributed by atoms with Crippen molar-refractivity contribution in [3.8, 4) is 0 Å². The summed E-state index contributed by atoms with van der Waals surface area (Å²) in [5.74, 6) is -0.234. The van der Waals surface area contributed by atoms with Gasteiger partial charge in [-0.05, 0) is 81.1 Å². The van der Waals surface area contributed by atoms with Crippen molar-refractivity contribution in [1.29, 1.82) is 0 Å². The number of aliphatic imine (C=N–C) groups is 1. The van der Waals surface area contributed by atoms with E-state index < -0.39 is 4.92 Å². The van der Waals surface area contributed by atoms with Crippen LogP contribution < -0.4 is 5.32 Å². The molecule has 11 heteroatoms. The van der Waals surface area contributed by atoms with Crippen molar-refractivity contribution in [3.05, 3.63) is 91.9 Å². The fourth-order valence-corrected chi connectivity index (χ4v) is 6.49. The number of carbonyl (C=O) groups excluding carboxylic acids is 1. The van der Waals surface area contributed by atoms with E-state index in [2.05, 4.69) is 20.3 Å². The van der Waals surface area contributed by atoms with Gasteiger partial charge in [0.05, 0.1) is 22.4 Å². The van der Waals surface area contributed by atoms with Crippen LogP contribution in [-0.4, -0.2) is 32.0 Å². The van der Waals surface area contributed by atoms with Crippen LogP contribution in [0.1, 0.15) is 50.6 Å². The second-order valence-electron chi connectivity index (χ2n) is 8.86. The van der Waals surface area contributed by atoms with Crippen molar-refractivity contribution < 1.29 is 9.72 Å². The molecule has 192 valence electrons. The lowest BCUT2D eigenvalue weighted by molar-refractivity contribution is -0.384. The predicted octanol–water partition coefficient (Wildman–Crippen LogP) is 6.49. The summed E-state index contributed by atoms with van der Waals surface area (Å²) in [5.41, 5.74) is 4.38. The molecule has 1 aliphatic rings. The van der Waals surface area contributed by atoms with Gasteiger partial charge in [-0.25, -0.2) is 15.0 Å². The van der Waals surface area contributed by atoms with Crippen molar-refractivity contribution in [3.63, 3.8) is 0 Å². The summed E-state index contributed by atoms with van der Waals surface area (Å²) in [6.07, 6.45) is 8.65. The van der Waals surface area contributed by atoms with E-state index in [1.807, 2.05) is 19.9 Å². The van der Waals surface area contributed by atoms with Crippen LogP contribution in [-0.2, 0) is 12.8 Å². The Morgan fingerprint density at radius 1 is 1.16 bits per heavy atom. The van der Waals surface area contributed by atoms with Crippen molar-refractivity contribution in [2.75, 3.05) is 5.32 Å². The van der Waals surface area contributed by atoms with Crippen LogP contribution in [0, 0.1) is 24.0 Å². The number of carbonyl (C=O) groups is 1. The molecule has 0 aliphatic heterocycles. The molecule has 0 fully saturated rings. The molecule has 9 nitrogen and oxygen atoms in total. The summed E-state index contributed by atoms with van der Waals surface area (Å²) < 4.78 is 0. The van der Waals surface area contributed by atoms with Gasteiger partial charge in [0, 0.05) is 51.3 Å². The van der Waals surface area contributed by atoms with Crippen LogP contribution in [0.15, 0.2) is 63.8 Å². The Hall–Kier alpha value is -3.96. The van der Waals surface area contributed by atoms with Crippen molar-refractivity contribution in [1.82, 2.24) is 15.0 Å². The van der Waals surface area contributed by atoms with E-state index in [0.29, 0.717) is 27.0 Å². The molecule has 0 atom stereocenters. The summed E-state index contributed by atoms with van der Waals surface area (Å²) in [6.45, 7) is 3.79. The first-order valence-electron chi connectivity index (χ1n) is 12.1. The molecular formula is C27H24N6O3S2. The molecule has 38 heavy (non-hydrogen) atoms. The van der Waals surface area contributed by atoms with Crippen molar-refractivity contribution in [2.24, 2.45) is 4.99 Å². The molecular weight excluding hydrogens is 520 g/mol. The number of rotatable bonds is 7. The van der Waals surface area contributed by atoms with Gasteiger partial charge in [0.1, 0.15) is 5.00 Å². The van der Waals surface area contributed by atoms with E-state index in [4.69, 9.17) is 4.99 Å². The van der Waals surface area contributed by atoms with Gasteiger partial charge in [-0.1, -0.05) is 0 Å². The molecule has 1 amide bonds. The number of hydrogen-bond donors (Lipinski definition) is 1. The maximum Gasteiger partial charge on any atom is 0.270 e. The van der Waals surface area contributed by atoms with E-state index in [9.17, 15) is 14.9 Å². The number of nitrogens with one attached hydrogen (secondary N) is 1. The molecule has 0 spiro atoms. The second kappa shape index (κ2) is 11.2. The van der Waals surface area contributed by atoms with Crippen LogP contribution in [0.4, 0.5) is 16.4 Å². The molecule has 0 bridgehead atoms. The van der Waals surface area contributed by atoms with Gasteiger partial charge in [0.2, 0.25) is 0 Å². The third-order valence-corrected chi connectivity index (χ3v) is 8.14. The number of benzene rings is 1. The Labute approximate surface area is 227 Å². The number of aryl methyl sites for hydroxylation is 3. The Balaban J connectivity index is 1.53. The summed E-state index contributed by atoms with van der Waals surface area (Å²) in [7, 11) is 0. The van der Waals surface area contributed by atoms with Crippen LogP contribution >= 0.6 is 23.1 Å². The van der Waals surface area contributed by atoms with E-state index in [1.165, 1.54) is 35.2 Å². The number of hydrogen-bond acceptors (Lipinski definition) is 9. The van der Waals surface area contributed by atoms with Gasteiger partial charge in [-0.3, -0.25) is 19.9 Å². The van der Waals surface area contributed by atoms with Crippen molar-refractivity contribution in [2.45, 2.75) is 49.6 Å². The zero-order valence-corrected chi connectivity index (χ0v) is 22.4. The average molecular weight is 545 g/mol. The van der Waals surface area contributed by atoms with Crippen LogP contribution in [0.3, 0.4) is 0 Å². The highest BCUT2D eigenvalue weighted by molar-refractivity contribution is 7.99. The van der Waals surface area contributed by atoms with Gasteiger partial charge < -0.3 is 5.32 Å². The lowest BCUT2D eigenvalue weighted by atomic mass is 9.95. The molecule has 1 N–H and O–H groups in total. The maximum absolute atomic E-state index is 13.4. The molecule has 1 aromatic carbocycles. The Kier molecular flexibility index (Phi) is 7.57. The molecule has 3 heterocycles. The zero-order valence-electron chi connectivity index (χ0n) is 20.8. The number of nitro groups is 1. The molecule has 4 aromatic rings. The highest BCUT2D eigenvalue weighted by Crippen LogP contribution is 2.40. The second-order valence-corrected chi connectivity index (χ2v) is 11.0. The third kappa shape index (κ3) is 5.79. The van der Waals surface area contributed by atoms with Gasteiger partial charge in [-0.15, -0.1) is 11.3 Å². The number of amides is 1. The van der Waals surface area contributed by atoms with Gasteiger partial charge >= 0.3 is 0 Å². The molecule has 0 unspecified atom stereocenters. The molecule has 1 aliphatic carbocycles. The Bertz CT molecular complexity index is 1530. The number of anilines is 1. The number of nitro benzene ring substituents is 1. The van der Waals surface area contributed by atoms with Gasteiger partial charge in [0.15, 0.2) is 5.16 Å². The molecule has 0 radical (unpaired) electrons. The number of aromatic nitrogens is 3. The first-order valence-corrected chi connectivity index (χ1v) is 13.7. The van der Waals surface area contributed by atoms with Gasteiger partial charge in [0.25, 0.3) is 11.6 Å². The Morgan fingerprint density at radius 3 is 2.68 bits per heavy atom.